The number of aromatic amines is 1. The van der Waals surface area contributed by atoms with Gasteiger partial charge in [-0.15, -0.1) is 0 Å². The number of carboxylic acids is 2. The van der Waals surface area contributed by atoms with Gasteiger partial charge in [-0.05, 0) is 51.4 Å². The summed E-state index contributed by atoms with van der Waals surface area (Å²) < 4.78 is 6.11. The Morgan fingerprint density at radius 2 is 1.96 bits per heavy atom. The first-order valence-electron chi connectivity index (χ1n) is 8.24. The number of hydrogen-bond acceptors (Lipinski definition) is 4. The summed E-state index contributed by atoms with van der Waals surface area (Å²) in [6.45, 7) is 4.08. The summed E-state index contributed by atoms with van der Waals surface area (Å²) in [6, 6.07) is 8.57. The lowest BCUT2D eigenvalue weighted by Crippen LogP contribution is -2.33. The van der Waals surface area contributed by atoms with Crippen molar-refractivity contribution in [1.29, 1.82) is 0 Å². The maximum atomic E-state index is 9.10. The third kappa shape index (κ3) is 4.37. The predicted octanol–water partition coefficient (Wildman–Crippen LogP) is 2.11. The van der Waals surface area contributed by atoms with Gasteiger partial charge in [0.15, 0.2) is 0 Å². The van der Waals surface area contributed by atoms with Crippen LogP contribution in [0.2, 0.25) is 0 Å². The van der Waals surface area contributed by atoms with Gasteiger partial charge in [0.25, 0.3) is 0 Å². The van der Waals surface area contributed by atoms with Crippen molar-refractivity contribution in [2.45, 2.75) is 31.8 Å². The van der Waals surface area contributed by atoms with Crippen molar-refractivity contribution in [2.24, 2.45) is 0 Å². The highest BCUT2D eigenvalue weighted by molar-refractivity contribution is 6.27. The fourth-order valence-electron chi connectivity index (χ4n) is 3.16. The van der Waals surface area contributed by atoms with Crippen molar-refractivity contribution >= 4 is 22.8 Å². The molecule has 7 nitrogen and oxygen atoms in total. The Morgan fingerprint density at radius 1 is 1.28 bits per heavy atom. The summed E-state index contributed by atoms with van der Waals surface area (Å²) in [5.41, 5.74) is 3.81. The topological polar surface area (TPSA) is 112 Å². The van der Waals surface area contributed by atoms with E-state index in [0.717, 1.165) is 32.4 Å². The quantitative estimate of drug-likeness (QED) is 0.497. The summed E-state index contributed by atoms with van der Waals surface area (Å²) in [7, 11) is 2.00. The zero-order valence-electron chi connectivity index (χ0n) is 14.5. The molecule has 0 fully saturated rings. The van der Waals surface area contributed by atoms with Gasteiger partial charge >= 0.3 is 11.9 Å². The summed E-state index contributed by atoms with van der Waals surface area (Å²) >= 11 is 0. The van der Waals surface area contributed by atoms with Gasteiger partial charge in [0, 0.05) is 10.9 Å². The van der Waals surface area contributed by atoms with Gasteiger partial charge in [-0.1, -0.05) is 18.2 Å². The maximum Gasteiger partial charge on any atom is 0.414 e. The Morgan fingerprint density at radius 3 is 2.60 bits per heavy atom. The zero-order valence-corrected chi connectivity index (χ0v) is 14.5. The van der Waals surface area contributed by atoms with Gasteiger partial charge in [-0.2, -0.15) is 0 Å². The van der Waals surface area contributed by atoms with E-state index in [-0.39, 0.29) is 5.60 Å². The molecule has 0 saturated carbocycles. The first-order valence-corrected chi connectivity index (χ1v) is 8.24. The van der Waals surface area contributed by atoms with E-state index in [0.29, 0.717) is 0 Å². The number of carbonyl (C=O) groups is 2. The number of para-hydroxylation sites is 1. The fourth-order valence-corrected chi connectivity index (χ4v) is 3.16. The molecular weight excluding hydrogens is 324 g/mol. The number of hydrogen-bond donors (Lipinski definition) is 4. The van der Waals surface area contributed by atoms with E-state index < -0.39 is 11.9 Å². The van der Waals surface area contributed by atoms with Crippen LogP contribution in [0.1, 0.15) is 31.0 Å². The number of aliphatic carboxylic acids is 2. The minimum absolute atomic E-state index is 0.163. The third-order valence-electron chi connectivity index (χ3n) is 4.38. The van der Waals surface area contributed by atoms with Gasteiger partial charge in [0.1, 0.15) is 5.60 Å². The lowest BCUT2D eigenvalue weighted by atomic mass is 9.89. The minimum Gasteiger partial charge on any atom is -0.473 e. The second-order valence-electron chi connectivity index (χ2n) is 6.17. The first kappa shape index (κ1) is 19.0. The van der Waals surface area contributed by atoms with E-state index in [1.807, 2.05) is 7.05 Å². The van der Waals surface area contributed by atoms with Crippen LogP contribution in [0.5, 0.6) is 0 Å². The summed E-state index contributed by atoms with van der Waals surface area (Å²) in [4.78, 5) is 21.8. The number of aromatic nitrogens is 1. The average molecular weight is 348 g/mol. The molecule has 0 amide bonds. The molecule has 1 aliphatic rings. The van der Waals surface area contributed by atoms with Gasteiger partial charge in [0.05, 0.1) is 12.3 Å². The van der Waals surface area contributed by atoms with Crippen LogP contribution in [0, 0.1) is 0 Å². The monoisotopic (exact) mass is 348 g/mol. The molecule has 1 aromatic carbocycles. The largest absolute Gasteiger partial charge is 0.473 e. The van der Waals surface area contributed by atoms with E-state index >= 15 is 0 Å². The van der Waals surface area contributed by atoms with Crippen molar-refractivity contribution in [2.75, 3.05) is 20.2 Å². The molecule has 0 spiro atoms. The standard InChI is InChI=1S/C16H22N2O.C2H2O4/c1-16(9-5-10-17-2)15-13(8-11-19-16)12-6-3-4-7-14(12)18-15;3-1(4)2(5)6/h3-4,6-7,17-18H,5,8-11H2,1-2H3;(H,3,4)(H,5,6). The smallest absolute Gasteiger partial charge is 0.414 e. The van der Waals surface area contributed by atoms with Crippen LogP contribution in [0.25, 0.3) is 10.9 Å². The Bertz CT molecular complexity index is 743. The van der Waals surface area contributed by atoms with Crippen LogP contribution < -0.4 is 5.32 Å². The summed E-state index contributed by atoms with van der Waals surface area (Å²) in [5.74, 6) is -3.65. The molecule has 7 heteroatoms. The molecule has 1 unspecified atom stereocenters. The summed E-state index contributed by atoms with van der Waals surface area (Å²) in [5, 5.41) is 19.4. The van der Waals surface area contributed by atoms with Gasteiger partial charge < -0.3 is 25.3 Å². The van der Waals surface area contributed by atoms with E-state index in [1.165, 1.54) is 22.2 Å². The molecule has 0 radical (unpaired) electrons. The number of rotatable bonds is 4. The van der Waals surface area contributed by atoms with Crippen LogP contribution in [0.15, 0.2) is 24.3 Å². The molecule has 1 atom stereocenters. The van der Waals surface area contributed by atoms with Crippen molar-refractivity contribution in [1.82, 2.24) is 10.3 Å². The predicted molar refractivity (Wildman–Crippen MR) is 93.7 cm³/mol. The SMILES string of the molecule is CNCCCC1(C)OCCc2c1[nH]c1ccccc21.O=C(O)C(=O)O. The Hall–Kier alpha value is -2.38. The highest BCUT2D eigenvalue weighted by atomic mass is 16.5. The Labute approximate surface area is 146 Å². The Kier molecular flexibility index (Phi) is 6.17. The number of nitrogens with one attached hydrogen (secondary N) is 2. The lowest BCUT2D eigenvalue weighted by molar-refractivity contribution is -0.159. The highest BCUT2D eigenvalue weighted by Gasteiger charge is 2.35. The van der Waals surface area contributed by atoms with E-state index in [9.17, 15) is 0 Å². The normalized spacial score (nSPS) is 19.0. The van der Waals surface area contributed by atoms with Crippen molar-refractivity contribution in [3.05, 3.63) is 35.5 Å². The van der Waals surface area contributed by atoms with Crippen LogP contribution >= 0.6 is 0 Å². The van der Waals surface area contributed by atoms with E-state index in [1.54, 1.807) is 0 Å². The number of ether oxygens (including phenoxy) is 1. The molecule has 2 aromatic rings. The highest BCUT2D eigenvalue weighted by Crippen LogP contribution is 2.39. The molecule has 3 rings (SSSR count). The molecule has 1 aromatic heterocycles. The average Bonchev–Trinajstić information content (AvgIpc) is 2.96. The second kappa shape index (κ2) is 8.13. The molecule has 1 aliphatic heterocycles. The van der Waals surface area contributed by atoms with Gasteiger partial charge in [0.2, 0.25) is 0 Å². The molecular formula is C18H24N2O5. The number of H-pyrrole nitrogens is 1. The molecule has 136 valence electrons. The minimum atomic E-state index is -1.82. The number of fused-ring (bicyclic) bond motifs is 3. The molecule has 2 heterocycles. The molecule has 4 N–H and O–H groups in total. The molecule has 0 saturated heterocycles. The zero-order chi connectivity index (χ0) is 18.4. The van der Waals surface area contributed by atoms with Crippen LogP contribution in [-0.2, 0) is 26.3 Å². The number of carboxylic acid groups (broad SMARTS) is 2. The number of benzene rings is 1. The summed E-state index contributed by atoms with van der Waals surface area (Å²) in [6.07, 6.45) is 3.19. The van der Waals surface area contributed by atoms with Crippen LogP contribution in [0.4, 0.5) is 0 Å². The van der Waals surface area contributed by atoms with E-state index in [4.69, 9.17) is 24.5 Å². The van der Waals surface area contributed by atoms with Crippen LogP contribution in [0.3, 0.4) is 0 Å². The molecule has 25 heavy (non-hydrogen) atoms. The first-order chi connectivity index (χ1) is 11.9. The second-order valence-corrected chi connectivity index (χ2v) is 6.17. The Balaban J connectivity index is 0.000000326. The lowest BCUT2D eigenvalue weighted by Gasteiger charge is -2.34. The van der Waals surface area contributed by atoms with Crippen molar-refractivity contribution in [3.8, 4) is 0 Å². The van der Waals surface area contributed by atoms with Crippen molar-refractivity contribution < 1.29 is 24.5 Å². The molecule has 0 aliphatic carbocycles. The third-order valence-corrected chi connectivity index (χ3v) is 4.38. The van der Waals surface area contributed by atoms with Crippen LogP contribution in [-0.4, -0.2) is 47.3 Å². The van der Waals surface area contributed by atoms with Crippen molar-refractivity contribution in [3.63, 3.8) is 0 Å². The molecule has 0 bridgehead atoms. The fraction of sp³-hybridized carbons (Fsp3) is 0.444. The van der Waals surface area contributed by atoms with Gasteiger partial charge in [-0.3, -0.25) is 0 Å². The van der Waals surface area contributed by atoms with E-state index in [2.05, 4.69) is 41.5 Å². The van der Waals surface area contributed by atoms with Gasteiger partial charge in [-0.25, -0.2) is 9.59 Å². The maximum absolute atomic E-state index is 9.10.